The van der Waals surface area contributed by atoms with Gasteiger partial charge in [-0.25, -0.2) is 9.78 Å². The third-order valence-electron chi connectivity index (χ3n) is 4.28. The maximum absolute atomic E-state index is 12.5. The number of pyridine rings is 1. The standard InChI is InChI=1S/C21H17ClN6O3/c1-30-16-5-3-2-4-15(16)25-21-27-18(26-20(23)28-21)11-31-19(29)13-6-8-14-12(10-13)7-9-17(22)24-14/h2-10H,11H2,1H3,(H3,23,25,26,27,28). The monoisotopic (exact) mass is 436 g/mol. The second kappa shape index (κ2) is 8.80. The van der Waals surface area contributed by atoms with Crippen LogP contribution in [0.25, 0.3) is 10.9 Å². The summed E-state index contributed by atoms with van der Waals surface area (Å²) in [5.41, 5.74) is 7.49. The van der Waals surface area contributed by atoms with Crippen molar-refractivity contribution >= 4 is 46.1 Å². The van der Waals surface area contributed by atoms with Crippen LogP contribution in [0.5, 0.6) is 5.75 Å². The van der Waals surface area contributed by atoms with Gasteiger partial charge in [0.2, 0.25) is 11.9 Å². The van der Waals surface area contributed by atoms with Crippen LogP contribution in [0.3, 0.4) is 0 Å². The van der Waals surface area contributed by atoms with Crippen LogP contribution in [0, 0.1) is 0 Å². The highest BCUT2D eigenvalue weighted by molar-refractivity contribution is 6.29. The highest BCUT2D eigenvalue weighted by Crippen LogP contribution is 2.25. The summed E-state index contributed by atoms with van der Waals surface area (Å²) in [6.45, 7) is -0.178. The Hall–Kier alpha value is -3.98. The number of nitrogens with one attached hydrogen (secondary N) is 1. The summed E-state index contributed by atoms with van der Waals surface area (Å²) in [4.78, 5) is 29.0. The molecule has 0 aliphatic heterocycles. The van der Waals surface area contributed by atoms with E-state index in [9.17, 15) is 4.79 Å². The third kappa shape index (κ3) is 4.78. The number of carbonyl (C=O) groups excluding carboxylic acids is 1. The molecule has 9 nitrogen and oxygen atoms in total. The van der Waals surface area contributed by atoms with E-state index in [1.165, 1.54) is 0 Å². The van der Waals surface area contributed by atoms with Gasteiger partial charge in [-0.05, 0) is 42.5 Å². The molecule has 2 aromatic carbocycles. The van der Waals surface area contributed by atoms with E-state index in [0.29, 0.717) is 27.7 Å². The van der Waals surface area contributed by atoms with Crippen molar-refractivity contribution in [1.82, 2.24) is 19.9 Å². The van der Waals surface area contributed by atoms with Gasteiger partial charge in [-0.3, -0.25) is 0 Å². The van der Waals surface area contributed by atoms with Crippen LogP contribution in [0.1, 0.15) is 16.2 Å². The lowest BCUT2D eigenvalue weighted by Crippen LogP contribution is -2.11. The van der Waals surface area contributed by atoms with Crippen molar-refractivity contribution < 1.29 is 14.3 Å². The fraction of sp³-hybridized carbons (Fsp3) is 0.0952. The summed E-state index contributed by atoms with van der Waals surface area (Å²) in [5.74, 6) is 0.480. The Morgan fingerprint density at radius 3 is 2.74 bits per heavy atom. The van der Waals surface area contributed by atoms with Gasteiger partial charge in [-0.15, -0.1) is 0 Å². The number of methoxy groups -OCH3 is 1. The van der Waals surface area contributed by atoms with E-state index >= 15 is 0 Å². The van der Waals surface area contributed by atoms with Gasteiger partial charge in [0.1, 0.15) is 10.9 Å². The van der Waals surface area contributed by atoms with Gasteiger partial charge in [0, 0.05) is 5.39 Å². The number of anilines is 3. The largest absolute Gasteiger partial charge is 0.495 e. The summed E-state index contributed by atoms with van der Waals surface area (Å²) in [6, 6.07) is 15.7. The van der Waals surface area contributed by atoms with E-state index in [1.54, 1.807) is 49.6 Å². The molecular formula is C21H17ClN6O3. The predicted octanol–water partition coefficient (Wildman–Crippen LogP) is 3.76. The molecule has 4 aromatic rings. The number of hydrogen-bond acceptors (Lipinski definition) is 9. The molecule has 2 heterocycles. The van der Waals surface area contributed by atoms with Crippen molar-refractivity contribution in [2.24, 2.45) is 0 Å². The van der Waals surface area contributed by atoms with Crippen molar-refractivity contribution in [1.29, 1.82) is 0 Å². The number of rotatable bonds is 6. The highest BCUT2D eigenvalue weighted by Gasteiger charge is 2.12. The quantitative estimate of drug-likeness (QED) is 0.343. The van der Waals surface area contributed by atoms with Gasteiger partial charge in [0.05, 0.1) is 23.9 Å². The first-order chi connectivity index (χ1) is 15.0. The number of esters is 1. The Balaban J connectivity index is 1.48. The first kappa shape index (κ1) is 20.3. The Kier molecular flexibility index (Phi) is 5.76. The number of nitrogens with zero attached hydrogens (tertiary/aromatic N) is 4. The second-order valence-corrected chi connectivity index (χ2v) is 6.76. The van der Waals surface area contributed by atoms with E-state index in [-0.39, 0.29) is 24.3 Å². The summed E-state index contributed by atoms with van der Waals surface area (Å²) in [5, 5.41) is 4.18. The Labute approximate surface area is 182 Å². The summed E-state index contributed by atoms with van der Waals surface area (Å²) >= 11 is 5.89. The fourth-order valence-electron chi connectivity index (χ4n) is 2.87. The molecule has 0 fully saturated rings. The first-order valence-corrected chi connectivity index (χ1v) is 9.53. The number of aromatic nitrogens is 4. The normalized spacial score (nSPS) is 10.6. The summed E-state index contributed by atoms with van der Waals surface area (Å²) in [7, 11) is 1.56. The molecule has 0 radical (unpaired) electrons. The maximum atomic E-state index is 12.5. The molecule has 0 amide bonds. The molecule has 0 saturated heterocycles. The van der Waals surface area contributed by atoms with Crippen LogP contribution >= 0.6 is 11.6 Å². The molecule has 0 atom stereocenters. The van der Waals surface area contributed by atoms with Crippen molar-refractivity contribution in [3.63, 3.8) is 0 Å². The molecule has 156 valence electrons. The minimum atomic E-state index is -0.532. The van der Waals surface area contributed by atoms with Gasteiger partial charge in [-0.1, -0.05) is 23.7 Å². The number of hydrogen-bond donors (Lipinski definition) is 2. The summed E-state index contributed by atoms with van der Waals surface area (Å²) in [6.07, 6.45) is 0. The number of fused-ring (bicyclic) bond motifs is 1. The molecule has 31 heavy (non-hydrogen) atoms. The number of para-hydroxylation sites is 2. The zero-order valence-electron chi connectivity index (χ0n) is 16.4. The minimum absolute atomic E-state index is 0.00731. The molecule has 4 rings (SSSR count). The minimum Gasteiger partial charge on any atom is -0.495 e. The average Bonchev–Trinajstić information content (AvgIpc) is 2.77. The molecular weight excluding hydrogens is 420 g/mol. The van der Waals surface area contributed by atoms with Crippen LogP contribution in [0.4, 0.5) is 17.6 Å². The fourth-order valence-corrected chi connectivity index (χ4v) is 3.02. The lowest BCUT2D eigenvalue weighted by molar-refractivity contribution is 0.0462. The van der Waals surface area contributed by atoms with E-state index in [0.717, 1.165) is 5.39 Å². The SMILES string of the molecule is COc1ccccc1Nc1nc(N)nc(COC(=O)c2ccc3nc(Cl)ccc3c2)n1. The van der Waals surface area contributed by atoms with E-state index < -0.39 is 5.97 Å². The number of ether oxygens (including phenoxy) is 2. The Bertz CT molecular complexity index is 1270. The predicted molar refractivity (Wildman–Crippen MR) is 116 cm³/mol. The molecule has 0 aliphatic rings. The highest BCUT2D eigenvalue weighted by atomic mass is 35.5. The van der Waals surface area contributed by atoms with Crippen molar-refractivity contribution in [2.75, 3.05) is 18.2 Å². The Morgan fingerprint density at radius 1 is 1.06 bits per heavy atom. The second-order valence-electron chi connectivity index (χ2n) is 6.38. The maximum Gasteiger partial charge on any atom is 0.338 e. The van der Waals surface area contributed by atoms with Crippen LogP contribution in [-0.4, -0.2) is 33.0 Å². The number of nitrogen functional groups attached to an aromatic ring is 1. The number of halogens is 1. The lowest BCUT2D eigenvalue weighted by Gasteiger charge is -2.11. The van der Waals surface area contributed by atoms with E-state index in [4.69, 9.17) is 26.8 Å². The number of nitrogens with two attached hydrogens (primary N) is 1. The molecule has 0 saturated carbocycles. The van der Waals surface area contributed by atoms with Crippen molar-refractivity contribution in [3.8, 4) is 5.75 Å². The Morgan fingerprint density at radius 2 is 1.90 bits per heavy atom. The van der Waals surface area contributed by atoms with Crippen LogP contribution in [0.2, 0.25) is 5.15 Å². The van der Waals surface area contributed by atoms with Gasteiger partial charge in [0.25, 0.3) is 0 Å². The van der Waals surface area contributed by atoms with Gasteiger partial charge >= 0.3 is 5.97 Å². The topological polar surface area (TPSA) is 125 Å². The van der Waals surface area contributed by atoms with Crippen LogP contribution < -0.4 is 15.8 Å². The van der Waals surface area contributed by atoms with Crippen molar-refractivity contribution in [2.45, 2.75) is 6.61 Å². The van der Waals surface area contributed by atoms with E-state index in [1.807, 2.05) is 12.1 Å². The smallest absolute Gasteiger partial charge is 0.338 e. The molecule has 0 bridgehead atoms. The van der Waals surface area contributed by atoms with Crippen LogP contribution in [0.15, 0.2) is 54.6 Å². The van der Waals surface area contributed by atoms with Gasteiger partial charge in [0.15, 0.2) is 12.4 Å². The van der Waals surface area contributed by atoms with Gasteiger partial charge in [-0.2, -0.15) is 15.0 Å². The molecule has 0 spiro atoms. The first-order valence-electron chi connectivity index (χ1n) is 9.16. The van der Waals surface area contributed by atoms with Crippen LogP contribution in [-0.2, 0) is 11.3 Å². The molecule has 2 aromatic heterocycles. The number of carbonyl (C=O) groups is 1. The molecule has 0 aliphatic carbocycles. The average molecular weight is 437 g/mol. The molecule has 10 heteroatoms. The zero-order valence-corrected chi connectivity index (χ0v) is 17.1. The molecule has 3 N–H and O–H groups in total. The van der Waals surface area contributed by atoms with Gasteiger partial charge < -0.3 is 20.5 Å². The zero-order chi connectivity index (χ0) is 21.8. The third-order valence-corrected chi connectivity index (χ3v) is 4.49. The number of benzene rings is 2. The molecule has 0 unspecified atom stereocenters. The summed E-state index contributed by atoms with van der Waals surface area (Å²) < 4.78 is 10.6. The van der Waals surface area contributed by atoms with E-state index in [2.05, 4.69) is 25.3 Å². The lowest BCUT2D eigenvalue weighted by atomic mass is 10.1. The van der Waals surface area contributed by atoms with Crippen molar-refractivity contribution in [3.05, 3.63) is 71.1 Å².